The van der Waals surface area contributed by atoms with Crippen LogP contribution in [0.2, 0.25) is 0 Å². The fraction of sp³-hybridized carbons (Fsp3) is 0.364. The average Bonchev–Trinajstić information content (AvgIpc) is 2.24. The minimum atomic E-state index is -0.510. The monoisotopic (exact) mass is 288 g/mol. The zero-order valence-corrected chi connectivity index (χ0v) is 10.6. The van der Waals surface area contributed by atoms with Crippen LogP contribution in [0.3, 0.4) is 0 Å². The minimum Gasteiger partial charge on any atom is -0.490 e. The fourth-order valence-electron chi connectivity index (χ4n) is 1.18. The highest BCUT2D eigenvalue weighted by molar-refractivity contribution is 9.10. The summed E-state index contributed by atoms with van der Waals surface area (Å²) in [5.74, 6) is -0.500. The van der Waals surface area contributed by atoms with Crippen molar-refractivity contribution in [2.75, 3.05) is 6.61 Å². The molecule has 0 amide bonds. The van der Waals surface area contributed by atoms with Gasteiger partial charge in [-0.25, -0.2) is 4.39 Å². The molecule has 0 saturated carbocycles. The van der Waals surface area contributed by atoms with Crippen LogP contribution in [0.1, 0.15) is 25.3 Å². The summed E-state index contributed by atoms with van der Waals surface area (Å²) in [7, 11) is 0. The van der Waals surface area contributed by atoms with E-state index < -0.39 is 5.82 Å². The number of rotatable bonds is 5. The number of halogens is 2. The Hall–Kier alpha value is -1.10. The summed E-state index contributed by atoms with van der Waals surface area (Å²) in [6, 6.07) is 3.06. The molecule has 0 aliphatic heterocycles. The highest BCUT2D eigenvalue weighted by Gasteiger charge is 2.13. The molecule has 16 heavy (non-hydrogen) atoms. The molecule has 0 saturated heterocycles. The van der Waals surface area contributed by atoms with E-state index in [4.69, 9.17) is 15.9 Å². The summed E-state index contributed by atoms with van der Waals surface area (Å²) in [5, 5.41) is 7.25. The first-order chi connectivity index (χ1) is 7.57. The third-order valence-corrected chi connectivity index (χ3v) is 2.87. The fourth-order valence-corrected chi connectivity index (χ4v) is 1.72. The molecule has 1 aromatic carbocycles. The van der Waals surface area contributed by atoms with E-state index in [1.807, 2.05) is 6.92 Å². The van der Waals surface area contributed by atoms with Crippen LogP contribution in [0, 0.1) is 11.2 Å². The van der Waals surface area contributed by atoms with Crippen LogP contribution in [0.4, 0.5) is 4.39 Å². The molecule has 0 aliphatic carbocycles. The molecule has 0 aromatic heterocycles. The normalized spacial score (nSPS) is 10.2. The van der Waals surface area contributed by atoms with E-state index in [2.05, 4.69) is 15.9 Å². The van der Waals surface area contributed by atoms with Crippen molar-refractivity contribution in [2.45, 2.75) is 19.8 Å². The van der Waals surface area contributed by atoms with Gasteiger partial charge in [0.25, 0.3) is 0 Å². The first-order valence-corrected chi connectivity index (χ1v) is 5.82. The molecule has 88 valence electrons. The van der Waals surface area contributed by atoms with E-state index in [1.54, 1.807) is 6.07 Å². The summed E-state index contributed by atoms with van der Waals surface area (Å²) in [5.41, 5.74) is 5.63. The van der Waals surface area contributed by atoms with Gasteiger partial charge in [-0.15, -0.1) is 0 Å². The van der Waals surface area contributed by atoms with Crippen molar-refractivity contribution in [1.29, 1.82) is 5.41 Å². The maximum atomic E-state index is 13.7. The largest absolute Gasteiger partial charge is 0.490 e. The van der Waals surface area contributed by atoms with Gasteiger partial charge in [0.15, 0.2) is 11.6 Å². The molecule has 0 bridgehead atoms. The SMILES string of the molecule is CCCCOc1ccc(C(=N)N)c(Br)c1F. The van der Waals surface area contributed by atoms with Crippen LogP contribution >= 0.6 is 15.9 Å². The van der Waals surface area contributed by atoms with Gasteiger partial charge in [-0.3, -0.25) is 5.41 Å². The van der Waals surface area contributed by atoms with Crippen molar-refractivity contribution in [3.05, 3.63) is 28.0 Å². The van der Waals surface area contributed by atoms with Crippen LogP contribution in [0.25, 0.3) is 0 Å². The Morgan fingerprint density at radius 3 is 2.81 bits per heavy atom. The van der Waals surface area contributed by atoms with Gasteiger partial charge in [0.1, 0.15) is 5.84 Å². The van der Waals surface area contributed by atoms with Crippen molar-refractivity contribution in [1.82, 2.24) is 0 Å². The van der Waals surface area contributed by atoms with Crippen molar-refractivity contribution >= 4 is 21.8 Å². The molecule has 0 atom stereocenters. The van der Waals surface area contributed by atoms with E-state index in [1.165, 1.54) is 6.07 Å². The molecule has 3 N–H and O–H groups in total. The Morgan fingerprint density at radius 2 is 2.25 bits per heavy atom. The Labute approximate surface area is 102 Å². The second-order valence-electron chi connectivity index (χ2n) is 3.35. The van der Waals surface area contributed by atoms with Gasteiger partial charge in [0.05, 0.1) is 11.1 Å². The van der Waals surface area contributed by atoms with Crippen LogP contribution in [-0.2, 0) is 0 Å². The molecule has 0 spiro atoms. The Balaban J connectivity index is 2.89. The van der Waals surface area contributed by atoms with Gasteiger partial charge in [-0.1, -0.05) is 13.3 Å². The first-order valence-electron chi connectivity index (χ1n) is 5.03. The van der Waals surface area contributed by atoms with E-state index in [-0.39, 0.29) is 16.1 Å². The van der Waals surface area contributed by atoms with Crippen LogP contribution < -0.4 is 10.5 Å². The van der Waals surface area contributed by atoms with Crippen LogP contribution in [-0.4, -0.2) is 12.4 Å². The molecule has 0 aliphatic rings. The number of unbranched alkanes of at least 4 members (excludes halogenated alkanes) is 1. The van der Waals surface area contributed by atoms with Gasteiger partial charge in [-0.05, 0) is 34.5 Å². The van der Waals surface area contributed by atoms with Gasteiger partial charge in [-0.2, -0.15) is 0 Å². The maximum Gasteiger partial charge on any atom is 0.179 e. The highest BCUT2D eigenvalue weighted by Crippen LogP contribution is 2.28. The molecule has 3 nitrogen and oxygen atoms in total. The summed E-state index contributed by atoms with van der Waals surface area (Å²) in [6.07, 6.45) is 1.87. The van der Waals surface area contributed by atoms with Crippen LogP contribution in [0.5, 0.6) is 5.75 Å². The lowest BCUT2D eigenvalue weighted by molar-refractivity contribution is 0.293. The van der Waals surface area contributed by atoms with E-state index in [0.29, 0.717) is 12.2 Å². The number of nitrogens with two attached hydrogens (primary N) is 1. The van der Waals surface area contributed by atoms with Crippen molar-refractivity contribution in [2.24, 2.45) is 5.73 Å². The number of amidine groups is 1. The number of benzene rings is 1. The molecular weight excluding hydrogens is 275 g/mol. The second kappa shape index (κ2) is 5.84. The third kappa shape index (κ3) is 2.95. The second-order valence-corrected chi connectivity index (χ2v) is 4.15. The minimum absolute atomic E-state index is 0.175. The third-order valence-electron chi connectivity index (χ3n) is 2.09. The Morgan fingerprint density at radius 1 is 1.56 bits per heavy atom. The van der Waals surface area contributed by atoms with E-state index in [9.17, 15) is 4.39 Å². The van der Waals surface area contributed by atoms with Crippen LogP contribution in [0.15, 0.2) is 16.6 Å². The van der Waals surface area contributed by atoms with Gasteiger partial charge in [0, 0.05) is 5.56 Å². The zero-order chi connectivity index (χ0) is 12.1. The Bertz CT molecular complexity index is 396. The first kappa shape index (κ1) is 13.0. The number of hydrogen-bond acceptors (Lipinski definition) is 2. The molecule has 5 heteroatoms. The number of nitrogen functional groups attached to an aromatic ring is 1. The summed E-state index contributed by atoms with van der Waals surface area (Å²) in [6.45, 7) is 2.52. The predicted octanol–water partition coefficient (Wildman–Crippen LogP) is 3.05. The number of nitrogens with one attached hydrogen (secondary N) is 1. The van der Waals surface area contributed by atoms with E-state index in [0.717, 1.165) is 12.8 Å². The quantitative estimate of drug-likeness (QED) is 0.497. The molecule has 0 heterocycles. The maximum absolute atomic E-state index is 13.7. The molecular formula is C11H14BrFN2O. The lowest BCUT2D eigenvalue weighted by Gasteiger charge is -2.10. The average molecular weight is 289 g/mol. The number of hydrogen-bond donors (Lipinski definition) is 2. The molecule has 1 rings (SSSR count). The summed E-state index contributed by atoms with van der Waals surface area (Å²) >= 11 is 3.06. The highest BCUT2D eigenvalue weighted by atomic mass is 79.9. The smallest absolute Gasteiger partial charge is 0.179 e. The lowest BCUT2D eigenvalue weighted by atomic mass is 10.2. The van der Waals surface area contributed by atoms with Gasteiger partial charge in [0.2, 0.25) is 0 Å². The van der Waals surface area contributed by atoms with E-state index >= 15 is 0 Å². The Kier molecular flexibility index (Phi) is 4.73. The number of ether oxygens (including phenoxy) is 1. The van der Waals surface area contributed by atoms with Crippen molar-refractivity contribution < 1.29 is 9.13 Å². The summed E-state index contributed by atoms with van der Waals surface area (Å²) < 4.78 is 19.2. The summed E-state index contributed by atoms with van der Waals surface area (Å²) in [4.78, 5) is 0. The van der Waals surface area contributed by atoms with Crippen molar-refractivity contribution in [3.63, 3.8) is 0 Å². The van der Waals surface area contributed by atoms with Gasteiger partial charge < -0.3 is 10.5 Å². The molecule has 1 aromatic rings. The van der Waals surface area contributed by atoms with Gasteiger partial charge >= 0.3 is 0 Å². The predicted molar refractivity (Wildman–Crippen MR) is 65.5 cm³/mol. The molecule has 0 radical (unpaired) electrons. The topological polar surface area (TPSA) is 59.1 Å². The van der Waals surface area contributed by atoms with Crippen molar-refractivity contribution in [3.8, 4) is 5.75 Å². The molecule has 0 unspecified atom stereocenters. The molecule has 0 fully saturated rings. The lowest BCUT2D eigenvalue weighted by Crippen LogP contribution is -2.13. The zero-order valence-electron chi connectivity index (χ0n) is 9.02. The standard InChI is InChI=1S/C11H14BrFN2O/c1-2-3-6-16-8-5-4-7(11(14)15)9(12)10(8)13/h4-5H,2-3,6H2,1H3,(H3,14,15).